The Bertz CT molecular complexity index is 728. The van der Waals surface area contributed by atoms with Gasteiger partial charge in [0.15, 0.2) is 0 Å². The molecule has 5 atom stereocenters. The van der Waals surface area contributed by atoms with E-state index >= 15 is 0 Å². The SMILES string of the molecule is C=CC[C@H]1N(Cc2ccccc2)C(=O)[C@@H]2[C@H](C(=O)O)[C@H]3C=C[C@]21O3. The number of carbonyl (C=O) groups excluding carboxylic acids is 1. The van der Waals surface area contributed by atoms with Crippen molar-refractivity contribution in [2.24, 2.45) is 11.8 Å². The number of hydrogen-bond acceptors (Lipinski definition) is 3. The fourth-order valence-electron chi connectivity index (χ4n) is 4.44. The number of amides is 1. The Hall–Kier alpha value is -2.40. The van der Waals surface area contributed by atoms with Crippen molar-refractivity contribution in [3.63, 3.8) is 0 Å². The van der Waals surface area contributed by atoms with Gasteiger partial charge in [-0.2, -0.15) is 0 Å². The number of likely N-dealkylation sites (tertiary alicyclic amines) is 1. The molecule has 1 spiro atoms. The molecule has 2 bridgehead atoms. The summed E-state index contributed by atoms with van der Waals surface area (Å²) in [4.78, 5) is 26.6. The van der Waals surface area contributed by atoms with Crippen LogP contribution in [-0.2, 0) is 20.9 Å². The third kappa shape index (κ3) is 1.91. The summed E-state index contributed by atoms with van der Waals surface area (Å²) in [5.74, 6) is -2.57. The van der Waals surface area contributed by atoms with Crippen LogP contribution in [0.5, 0.6) is 0 Å². The first-order chi connectivity index (χ1) is 11.6. The molecule has 0 aliphatic carbocycles. The molecule has 4 rings (SSSR count). The number of carboxylic acid groups (broad SMARTS) is 1. The first-order valence-corrected chi connectivity index (χ1v) is 8.14. The second-order valence-electron chi connectivity index (χ2n) is 6.63. The van der Waals surface area contributed by atoms with E-state index < -0.39 is 29.5 Å². The van der Waals surface area contributed by atoms with E-state index in [1.807, 2.05) is 36.4 Å². The van der Waals surface area contributed by atoms with Crippen molar-refractivity contribution in [2.45, 2.75) is 30.7 Å². The second-order valence-corrected chi connectivity index (χ2v) is 6.63. The van der Waals surface area contributed by atoms with Gasteiger partial charge in [-0.3, -0.25) is 9.59 Å². The van der Waals surface area contributed by atoms with Crippen LogP contribution in [0.1, 0.15) is 12.0 Å². The quantitative estimate of drug-likeness (QED) is 0.841. The summed E-state index contributed by atoms with van der Waals surface area (Å²) < 4.78 is 6.06. The van der Waals surface area contributed by atoms with E-state index in [1.54, 1.807) is 17.1 Å². The van der Waals surface area contributed by atoms with Crippen molar-refractivity contribution < 1.29 is 19.4 Å². The standard InChI is InChI=1S/C19H19NO4/c1-2-6-14-19-10-9-13(24-19)15(18(22)23)16(19)17(21)20(14)11-12-7-4-3-5-8-12/h2-5,7-10,13-16H,1,6,11H2,(H,22,23)/t13-,14-,15-,16+,19-/m1/s1. The maximum Gasteiger partial charge on any atom is 0.310 e. The lowest BCUT2D eigenvalue weighted by atomic mass is 9.74. The fraction of sp³-hybridized carbons (Fsp3) is 0.368. The molecule has 1 aromatic rings. The summed E-state index contributed by atoms with van der Waals surface area (Å²) in [5, 5.41) is 9.58. The maximum absolute atomic E-state index is 13.1. The minimum absolute atomic E-state index is 0.134. The molecule has 1 amide bonds. The Morgan fingerprint density at radius 1 is 1.38 bits per heavy atom. The lowest BCUT2D eigenvalue weighted by Crippen LogP contribution is -2.44. The molecule has 0 aromatic heterocycles. The largest absolute Gasteiger partial charge is 0.481 e. The number of carboxylic acids is 1. The number of nitrogens with zero attached hydrogens (tertiary/aromatic N) is 1. The highest BCUT2D eigenvalue weighted by atomic mass is 16.5. The predicted octanol–water partition coefficient (Wildman–Crippen LogP) is 2.00. The summed E-state index contributed by atoms with van der Waals surface area (Å²) >= 11 is 0. The van der Waals surface area contributed by atoms with E-state index in [0.29, 0.717) is 13.0 Å². The number of fused-ring (bicyclic) bond motifs is 1. The van der Waals surface area contributed by atoms with E-state index in [-0.39, 0.29) is 11.9 Å². The van der Waals surface area contributed by atoms with E-state index in [2.05, 4.69) is 6.58 Å². The highest BCUT2D eigenvalue weighted by molar-refractivity contribution is 5.91. The molecule has 3 aliphatic heterocycles. The lowest BCUT2D eigenvalue weighted by molar-refractivity contribution is -0.148. The number of carbonyl (C=O) groups is 2. The molecule has 2 saturated heterocycles. The van der Waals surface area contributed by atoms with Gasteiger partial charge < -0.3 is 14.7 Å². The van der Waals surface area contributed by atoms with Gasteiger partial charge in [-0.05, 0) is 12.0 Å². The van der Waals surface area contributed by atoms with Crippen molar-refractivity contribution in [3.05, 3.63) is 60.7 Å². The van der Waals surface area contributed by atoms with Crippen LogP contribution in [0.3, 0.4) is 0 Å². The Kier molecular flexibility index (Phi) is 3.35. The summed E-state index contributed by atoms with van der Waals surface area (Å²) in [7, 11) is 0. The lowest BCUT2D eigenvalue weighted by Gasteiger charge is -2.32. The Morgan fingerprint density at radius 2 is 2.12 bits per heavy atom. The first kappa shape index (κ1) is 15.1. The van der Waals surface area contributed by atoms with Crippen LogP contribution in [0.15, 0.2) is 55.1 Å². The molecule has 1 N–H and O–H groups in total. The van der Waals surface area contributed by atoms with E-state index in [1.165, 1.54) is 0 Å². The molecular weight excluding hydrogens is 306 g/mol. The van der Waals surface area contributed by atoms with Gasteiger partial charge in [0.25, 0.3) is 0 Å². The average molecular weight is 325 g/mol. The van der Waals surface area contributed by atoms with Crippen molar-refractivity contribution in [1.29, 1.82) is 0 Å². The topological polar surface area (TPSA) is 66.8 Å². The van der Waals surface area contributed by atoms with Gasteiger partial charge in [0.2, 0.25) is 5.91 Å². The van der Waals surface area contributed by atoms with Crippen LogP contribution in [0, 0.1) is 11.8 Å². The normalized spacial score (nSPS) is 36.2. The Balaban J connectivity index is 1.73. The Morgan fingerprint density at radius 3 is 2.79 bits per heavy atom. The van der Waals surface area contributed by atoms with Crippen LogP contribution in [0.2, 0.25) is 0 Å². The summed E-state index contributed by atoms with van der Waals surface area (Å²) in [6, 6.07) is 9.50. The molecule has 24 heavy (non-hydrogen) atoms. The van der Waals surface area contributed by atoms with Gasteiger partial charge in [0, 0.05) is 6.54 Å². The fourth-order valence-corrected chi connectivity index (χ4v) is 4.44. The van der Waals surface area contributed by atoms with Gasteiger partial charge in [-0.1, -0.05) is 48.6 Å². The zero-order chi connectivity index (χ0) is 16.9. The molecule has 5 nitrogen and oxygen atoms in total. The van der Waals surface area contributed by atoms with Crippen molar-refractivity contribution >= 4 is 11.9 Å². The molecule has 5 heteroatoms. The third-order valence-electron chi connectivity index (χ3n) is 5.40. The number of benzene rings is 1. The minimum Gasteiger partial charge on any atom is -0.481 e. The van der Waals surface area contributed by atoms with Crippen LogP contribution < -0.4 is 0 Å². The van der Waals surface area contributed by atoms with Gasteiger partial charge >= 0.3 is 5.97 Å². The smallest absolute Gasteiger partial charge is 0.310 e. The highest BCUT2D eigenvalue weighted by Gasteiger charge is 2.70. The molecule has 3 heterocycles. The predicted molar refractivity (Wildman–Crippen MR) is 87.0 cm³/mol. The summed E-state index contributed by atoms with van der Waals surface area (Å²) in [6.45, 7) is 4.25. The van der Waals surface area contributed by atoms with Gasteiger partial charge in [0.1, 0.15) is 11.5 Å². The first-order valence-electron chi connectivity index (χ1n) is 8.14. The zero-order valence-electron chi connectivity index (χ0n) is 13.2. The summed E-state index contributed by atoms with van der Waals surface area (Å²) in [6.07, 6.45) is 5.52. The monoisotopic (exact) mass is 325 g/mol. The van der Waals surface area contributed by atoms with Gasteiger partial charge in [-0.25, -0.2) is 0 Å². The van der Waals surface area contributed by atoms with E-state index in [4.69, 9.17) is 4.74 Å². The average Bonchev–Trinajstić information content (AvgIpc) is 3.20. The van der Waals surface area contributed by atoms with Gasteiger partial charge in [-0.15, -0.1) is 6.58 Å². The maximum atomic E-state index is 13.1. The molecule has 124 valence electrons. The van der Waals surface area contributed by atoms with Crippen LogP contribution in [0.25, 0.3) is 0 Å². The van der Waals surface area contributed by atoms with E-state index in [9.17, 15) is 14.7 Å². The molecule has 2 fully saturated rings. The van der Waals surface area contributed by atoms with Crippen molar-refractivity contribution in [1.82, 2.24) is 4.90 Å². The highest BCUT2D eigenvalue weighted by Crippen LogP contribution is 2.55. The summed E-state index contributed by atoms with van der Waals surface area (Å²) in [5.41, 5.74) is 0.176. The van der Waals surface area contributed by atoms with Crippen LogP contribution in [0.4, 0.5) is 0 Å². The van der Waals surface area contributed by atoms with Crippen molar-refractivity contribution in [2.75, 3.05) is 0 Å². The van der Waals surface area contributed by atoms with Gasteiger partial charge in [0.05, 0.1) is 18.1 Å². The van der Waals surface area contributed by atoms with Crippen LogP contribution >= 0.6 is 0 Å². The Labute approximate surface area is 140 Å². The number of hydrogen-bond donors (Lipinski definition) is 1. The number of aliphatic carboxylic acids is 1. The molecule has 3 aliphatic rings. The van der Waals surface area contributed by atoms with E-state index in [0.717, 1.165) is 5.56 Å². The molecule has 1 aromatic carbocycles. The third-order valence-corrected chi connectivity index (χ3v) is 5.40. The van der Waals surface area contributed by atoms with Crippen molar-refractivity contribution in [3.8, 4) is 0 Å². The molecule has 0 saturated carbocycles. The van der Waals surface area contributed by atoms with Crippen LogP contribution in [-0.4, -0.2) is 39.6 Å². The molecule has 0 radical (unpaired) electrons. The number of ether oxygens (including phenoxy) is 1. The second kappa shape index (κ2) is 5.31. The molecule has 0 unspecified atom stereocenters. The zero-order valence-corrected chi connectivity index (χ0v) is 13.2. The molecular formula is C19H19NO4. The number of rotatable bonds is 5. The minimum atomic E-state index is -0.969.